The van der Waals surface area contributed by atoms with E-state index in [2.05, 4.69) is 21.7 Å². The highest BCUT2D eigenvalue weighted by Crippen LogP contribution is 1.80. The molecular weight excluding hydrogens is 162 g/mol. The van der Waals surface area contributed by atoms with Crippen molar-refractivity contribution in [1.82, 2.24) is 5.32 Å². The van der Waals surface area contributed by atoms with Gasteiger partial charge in [-0.05, 0) is 0 Å². The molecule has 0 fully saturated rings. The minimum atomic E-state index is -0.895. The van der Waals surface area contributed by atoms with Crippen LogP contribution in [0.5, 0.6) is 0 Å². The van der Waals surface area contributed by atoms with Gasteiger partial charge in [-0.2, -0.15) is 0 Å². The van der Waals surface area contributed by atoms with Crippen LogP contribution in [-0.4, -0.2) is 43.6 Å². The van der Waals surface area contributed by atoms with Crippen molar-refractivity contribution in [3.63, 3.8) is 0 Å². The second-order valence-corrected chi connectivity index (χ2v) is 2.09. The van der Waals surface area contributed by atoms with Crippen LogP contribution >= 0.6 is 0 Å². The summed E-state index contributed by atoms with van der Waals surface area (Å²) in [6.45, 7) is 3.32. The van der Waals surface area contributed by atoms with Gasteiger partial charge in [-0.25, -0.2) is 4.79 Å². The van der Waals surface area contributed by atoms with Gasteiger partial charge < -0.3 is 20.3 Å². The molecule has 12 heavy (non-hydrogen) atoms. The lowest BCUT2D eigenvalue weighted by molar-refractivity contribution is 0.0901. The molecule has 0 aromatic heterocycles. The summed E-state index contributed by atoms with van der Waals surface area (Å²) >= 11 is 0. The van der Waals surface area contributed by atoms with Crippen LogP contribution in [0.1, 0.15) is 0 Å². The first-order chi connectivity index (χ1) is 6.20. The summed E-state index contributed by atoms with van der Waals surface area (Å²) in [7, 11) is 0. The highest BCUT2D eigenvalue weighted by atomic mass is 16.5. The van der Waals surface area contributed by atoms with E-state index >= 15 is 0 Å². The van der Waals surface area contributed by atoms with E-state index in [1.165, 1.54) is 6.08 Å². The number of rotatable bonds is 6. The molecule has 0 aromatic rings. The summed E-state index contributed by atoms with van der Waals surface area (Å²) in [5.41, 5.74) is 0. The fraction of sp³-hybridized carbons (Fsp3) is 0.571. The first-order valence-electron chi connectivity index (χ1n) is 3.89. The Morgan fingerprint density at radius 2 is 2.67 bits per heavy atom. The lowest BCUT2D eigenvalue weighted by atomic mass is 10.4. The highest BCUT2D eigenvalue weighted by Gasteiger charge is 2.04. The Balaban J connectivity index is 3.39. The molecule has 0 aliphatic carbocycles. The van der Waals surface area contributed by atoms with Crippen molar-refractivity contribution in [3.05, 3.63) is 12.7 Å². The van der Waals surface area contributed by atoms with Crippen LogP contribution in [0.15, 0.2) is 12.7 Å². The molecule has 5 nitrogen and oxygen atoms in total. The highest BCUT2D eigenvalue weighted by molar-refractivity contribution is 5.67. The van der Waals surface area contributed by atoms with Crippen LogP contribution in [0.25, 0.3) is 0 Å². The smallest absolute Gasteiger partial charge is 0.407 e. The average molecular weight is 176 g/mol. The van der Waals surface area contributed by atoms with Crippen LogP contribution in [0.4, 0.5) is 4.79 Å². The maximum Gasteiger partial charge on any atom is 0.407 e. The summed E-state index contributed by atoms with van der Waals surface area (Å²) in [6, 6.07) is 0. The van der Waals surface area contributed by atoms with Gasteiger partial charge >= 0.3 is 6.09 Å². The standard InChI is InChI=1S/C7H13NO4/c1-2-3-12-7(11)8-4-6(10)5-9/h2,6,9-10H,1,3-5H2,(H,8,11)/t6-/m0/s1/i9D. The van der Waals surface area contributed by atoms with E-state index in [1.54, 1.807) is 0 Å². The van der Waals surface area contributed by atoms with Crippen molar-refractivity contribution in [1.29, 1.82) is 1.43 Å². The Morgan fingerprint density at radius 3 is 3.25 bits per heavy atom. The minimum Gasteiger partial charge on any atom is -0.445 e. The van der Waals surface area contributed by atoms with E-state index in [0.29, 0.717) is 0 Å². The zero-order valence-electron chi connectivity index (χ0n) is 7.66. The number of hydrogen-bond donors (Lipinski definition) is 3. The quantitative estimate of drug-likeness (QED) is 0.465. The largest absolute Gasteiger partial charge is 0.445 e. The van der Waals surface area contributed by atoms with E-state index in [9.17, 15) is 4.79 Å². The van der Waals surface area contributed by atoms with E-state index in [-0.39, 0.29) is 19.8 Å². The van der Waals surface area contributed by atoms with Crippen LogP contribution < -0.4 is 5.32 Å². The Morgan fingerprint density at radius 1 is 1.92 bits per heavy atom. The zero-order valence-corrected chi connectivity index (χ0v) is 6.66. The van der Waals surface area contributed by atoms with Crippen molar-refractivity contribution >= 4 is 6.09 Å². The van der Waals surface area contributed by atoms with Gasteiger partial charge in [0.15, 0.2) is 0 Å². The SMILES string of the molecule is [2H]OC[C@@H](O)CNC(=O)OCC=C. The van der Waals surface area contributed by atoms with Crippen LogP contribution in [0.2, 0.25) is 0 Å². The number of amides is 1. The van der Waals surface area contributed by atoms with Crippen molar-refractivity contribution < 1.29 is 19.7 Å². The molecule has 5 heteroatoms. The van der Waals surface area contributed by atoms with Crippen molar-refractivity contribution in [2.75, 3.05) is 19.8 Å². The second kappa shape index (κ2) is 6.63. The molecule has 0 spiro atoms. The molecule has 3 N–H and O–H groups in total. The number of hydrogen-bond acceptors (Lipinski definition) is 4. The lowest BCUT2D eigenvalue weighted by Gasteiger charge is -2.08. The first-order valence-corrected chi connectivity index (χ1v) is 3.48. The molecule has 0 bridgehead atoms. The maximum atomic E-state index is 10.7. The topological polar surface area (TPSA) is 78.8 Å². The van der Waals surface area contributed by atoms with Crippen LogP contribution in [-0.2, 0) is 4.74 Å². The number of aliphatic hydroxyl groups excluding tert-OH is 2. The summed E-state index contributed by atoms with van der Waals surface area (Å²) in [5.74, 6) is 0. The number of carbonyl (C=O) groups is 1. The normalized spacial score (nSPS) is 12.9. The maximum absolute atomic E-state index is 10.7. The molecule has 0 saturated heterocycles. The van der Waals surface area contributed by atoms with Crippen molar-refractivity contribution in [2.24, 2.45) is 0 Å². The van der Waals surface area contributed by atoms with E-state index in [4.69, 9.17) is 6.54 Å². The molecule has 0 aromatic carbocycles. The van der Waals surface area contributed by atoms with Crippen molar-refractivity contribution in [2.45, 2.75) is 6.10 Å². The van der Waals surface area contributed by atoms with E-state index < -0.39 is 12.2 Å². The predicted octanol–water partition coefficient (Wildman–Crippen LogP) is -0.748. The lowest BCUT2D eigenvalue weighted by Crippen LogP contribution is -2.34. The molecule has 0 rings (SSSR count). The minimum absolute atomic E-state index is 0.00510. The number of aliphatic hydroxyl groups is 2. The number of nitrogens with one attached hydrogen (secondary N) is 1. The van der Waals surface area contributed by atoms with Gasteiger partial charge in [-0.3, -0.25) is 0 Å². The third-order valence-electron chi connectivity index (χ3n) is 1.01. The molecule has 0 saturated carbocycles. The number of carbonyl (C=O) groups excluding carboxylic acids is 1. The predicted molar refractivity (Wildman–Crippen MR) is 42.6 cm³/mol. The van der Waals surface area contributed by atoms with Gasteiger partial charge in [0.25, 0.3) is 0 Å². The third-order valence-corrected chi connectivity index (χ3v) is 1.01. The summed E-state index contributed by atoms with van der Waals surface area (Å²) in [4.78, 5) is 10.7. The van der Waals surface area contributed by atoms with Crippen LogP contribution in [0, 0.1) is 0 Å². The van der Waals surface area contributed by atoms with Crippen LogP contribution in [0.3, 0.4) is 0 Å². The van der Waals surface area contributed by atoms with Gasteiger partial charge in [0, 0.05) is 6.54 Å². The van der Waals surface area contributed by atoms with Gasteiger partial charge in [0.2, 0.25) is 1.43 Å². The Kier molecular flexibility index (Phi) is 4.98. The number of alkyl carbamates (subject to hydrolysis) is 1. The molecular formula is C7H13NO4. The Bertz CT molecular complexity index is 165. The molecule has 0 radical (unpaired) electrons. The Labute approximate surface area is 72.1 Å². The average Bonchev–Trinajstić information content (AvgIpc) is 2.12. The summed E-state index contributed by atoms with van der Waals surface area (Å²) in [5, 5.41) is 15.2. The monoisotopic (exact) mass is 176 g/mol. The van der Waals surface area contributed by atoms with Gasteiger partial charge in [-0.15, -0.1) is 0 Å². The molecule has 1 atom stereocenters. The fourth-order valence-electron chi connectivity index (χ4n) is 0.446. The first kappa shape index (κ1) is 9.02. The van der Waals surface area contributed by atoms with E-state index in [0.717, 1.165) is 0 Å². The molecule has 70 valence electrons. The van der Waals surface area contributed by atoms with Crippen molar-refractivity contribution in [3.8, 4) is 0 Å². The molecule has 0 unspecified atom stereocenters. The second-order valence-electron chi connectivity index (χ2n) is 2.09. The Hall–Kier alpha value is -1.07. The fourth-order valence-corrected chi connectivity index (χ4v) is 0.446. The molecule has 0 aliphatic heterocycles. The molecule has 0 heterocycles. The molecule has 0 aliphatic rings. The number of ether oxygens (including phenoxy) is 1. The van der Waals surface area contributed by atoms with E-state index in [1.807, 2.05) is 0 Å². The third kappa shape index (κ3) is 5.70. The molecule has 1 amide bonds. The van der Waals surface area contributed by atoms with Gasteiger partial charge in [-0.1, -0.05) is 12.7 Å². The van der Waals surface area contributed by atoms with Gasteiger partial charge in [0.1, 0.15) is 6.61 Å². The zero-order chi connectivity index (χ0) is 10.1. The summed E-state index contributed by atoms with van der Waals surface area (Å²) < 4.78 is 10.9. The summed E-state index contributed by atoms with van der Waals surface area (Å²) in [6.07, 6.45) is -0.0964. The van der Waals surface area contributed by atoms with Gasteiger partial charge in [0.05, 0.1) is 12.7 Å².